The molecule has 10 heteroatoms. The summed E-state index contributed by atoms with van der Waals surface area (Å²) in [5, 5.41) is 15.3. The number of fused-ring (bicyclic) bond motifs is 3. The second-order valence-electron chi connectivity index (χ2n) is 5.90. The number of aromatic nitrogens is 3. The van der Waals surface area contributed by atoms with Crippen molar-refractivity contribution in [1.29, 1.82) is 0 Å². The van der Waals surface area contributed by atoms with Gasteiger partial charge in [0.15, 0.2) is 0 Å². The predicted octanol–water partition coefficient (Wildman–Crippen LogP) is 1.97. The molecule has 28 heavy (non-hydrogen) atoms. The Morgan fingerprint density at radius 3 is 2.68 bits per heavy atom. The van der Waals surface area contributed by atoms with Crippen LogP contribution < -0.4 is 16.0 Å². The minimum absolute atomic E-state index is 0.122. The zero-order valence-electron chi connectivity index (χ0n) is 14.5. The second-order valence-corrected chi connectivity index (χ2v) is 5.90. The number of benzene rings is 2. The number of ether oxygens (including phenoxy) is 1. The molecule has 0 unspecified atom stereocenters. The van der Waals surface area contributed by atoms with Crippen molar-refractivity contribution in [2.75, 3.05) is 7.11 Å². The highest BCUT2D eigenvalue weighted by Gasteiger charge is 2.15. The van der Waals surface area contributed by atoms with Crippen LogP contribution in [0.2, 0.25) is 0 Å². The highest BCUT2D eigenvalue weighted by Crippen LogP contribution is 2.29. The quantitative estimate of drug-likeness (QED) is 0.317. The van der Waals surface area contributed by atoms with E-state index in [0.717, 1.165) is 0 Å². The summed E-state index contributed by atoms with van der Waals surface area (Å²) < 4.78 is 5.96. The van der Waals surface area contributed by atoms with E-state index in [1.807, 2.05) is 0 Å². The van der Waals surface area contributed by atoms with E-state index in [4.69, 9.17) is 4.74 Å². The van der Waals surface area contributed by atoms with Crippen molar-refractivity contribution < 1.29 is 9.66 Å². The van der Waals surface area contributed by atoms with Crippen molar-refractivity contribution in [1.82, 2.24) is 14.6 Å². The van der Waals surface area contributed by atoms with E-state index >= 15 is 0 Å². The van der Waals surface area contributed by atoms with Gasteiger partial charge in [0, 0.05) is 17.7 Å². The van der Waals surface area contributed by atoms with Crippen LogP contribution in [0.4, 0.5) is 5.69 Å². The van der Waals surface area contributed by atoms with Crippen molar-refractivity contribution in [3.8, 4) is 5.75 Å². The van der Waals surface area contributed by atoms with Gasteiger partial charge in [0.25, 0.3) is 5.69 Å². The van der Waals surface area contributed by atoms with Crippen LogP contribution >= 0.6 is 0 Å². The molecule has 2 heterocycles. The van der Waals surface area contributed by atoms with E-state index < -0.39 is 16.2 Å². The molecule has 4 aromatic rings. The Hall–Kier alpha value is -4.21. The lowest BCUT2D eigenvalue weighted by molar-refractivity contribution is -0.384. The van der Waals surface area contributed by atoms with Crippen LogP contribution in [0.1, 0.15) is 5.56 Å². The summed E-state index contributed by atoms with van der Waals surface area (Å²) in [6.07, 6.45) is 1.21. The van der Waals surface area contributed by atoms with Gasteiger partial charge in [0.1, 0.15) is 11.3 Å². The molecule has 0 aliphatic rings. The fraction of sp³-hybridized carbons (Fsp3) is 0.0556. The topological polar surface area (TPSA) is 135 Å². The van der Waals surface area contributed by atoms with Gasteiger partial charge in [-0.1, -0.05) is 18.2 Å². The summed E-state index contributed by atoms with van der Waals surface area (Å²) in [6.45, 7) is 0. The van der Waals surface area contributed by atoms with E-state index in [2.05, 4.69) is 15.1 Å². The molecule has 0 amide bonds. The molecule has 0 radical (unpaired) electrons. The van der Waals surface area contributed by atoms with Crippen LogP contribution in [0.5, 0.6) is 5.75 Å². The third-order valence-electron chi connectivity index (χ3n) is 4.24. The van der Waals surface area contributed by atoms with Gasteiger partial charge in [-0.25, -0.2) is 4.79 Å². The number of nitro groups is 1. The largest absolute Gasteiger partial charge is 0.496 e. The van der Waals surface area contributed by atoms with Gasteiger partial charge >= 0.3 is 11.2 Å². The molecule has 0 aliphatic carbocycles. The molecule has 0 bridgehead atoms. The maximum Gasteiger partial charge on any atom is 0.350 e. The van der Waals surface area contributed by atoms with Crippen molar-refractivity contribution in [2.45, 2.75) is 0 Å². The summed E-state index contributed by atoms with van der Waals surface area (Å²) >= 11 is 0. The third-order valence-corrected chi connectivity index (χ3v) is 4.24. The number of nitrogens with one attached hydrogen (secondary N) is 2. The Morgan fingerprint density at radius 1 is 1.14 bits per heavy atom. The number of hydrogen-bond acceptors (Lipinski definition) is 6. The Kier molecular flexibility index (Phi) is 4.00. The van der Waals surface area contributed by atoms with Crippen LogP contribution in [-0.4, -0.2) is 32.9 Å². The van der Waals surface area contributed by atoms with Crippen molar-refractivity contribution in [3.05, 3.63) is 79.0 Å². The first kappa shape index (κ1) is 17.2. The van der Waals surface area contributed by atoms with E-state index in [1.165, 1.54) is 31.5 Å². The summed E-state index contributed by atoms with van der Waals surface area (Å²) in [4.78, 5) is 41.1. The molecule has 0 spiro atoms. The molecule has 0 saturated carbocycles. The first-order valence-corrected chi connectivity index (χ1v) is 8.12. The standard InChI is InChI=1S/C18H13N5O5/c1-28-13-7-3-6-12-14(13)15-16(20-12)17(24)22(18(25)21-15)19-9-10-4-2-5-11(8-10)23(26)27/h2-9,20H,1H3,(H,21,25)/b19-9-. The Morgan fingerprint density at radius 2 is 1.93 bits per heavy atom. The number of hydrogen-bond donors (Lipinski definition) is 2. The fourth-order valence-electron chi connectivity index (χ4n) is 2.98. The zero-order chi connectivity index (χ0) is 19.8. The lowest BCUT2D eigenvalue weighted by Crippen LogP contribution is -2.32. The van der Waals surface area contributed by atoms with E-state index in [-0.39, 0.29) is 11.2 Å². The first-order chi connectivity index (χ1) is 13.5. The van der Waals surface area contributed by atoms with Gasteiger partial charge in [-0.2, -0.15) is 5.10 Å². The highest BCUT2D eigenvalue weighted by atomic mass is 16.6. The van der Waals surface area contributed by atoms with E-state index in [9.17, 15) is 19.7 Å². The Bertz CT molecular complexity index is 1380. The number of non-ortho nitro benzene ring substituents is 1. The van der Waals surface area contributed by atoms with E-state index in [0.29, 0.717) is 32.4 Å². The van der Waals surface area contributed by atoms with Crippen LogP contribution in [-0.2, 0) is 0 Å². The molecule has 0 fully saturated rings. The van der Waals surface area contributed by atoms with Crippen LogP contribution in [0.25, 0.3) is 21.9 Å². The van der Waals surface area contributed by atoms with Crippen molar-refractivity contribution in [2.24, 2.45) is 5.10 Å². The SMILES string of the molecule is COc1cccc2[nH]c3c(=O)n(/N=C\c4cccc([N+](=O)[O-])c4)c(=O)[nH]c3c12. The molecule has 4 rings (SSSR count). The number of nitrogens with zero attached hydrogens (tertiary/aromatic N) is 3. The minimum Gasteiger partial charge on any atom is -0.496 e. The minimum atomic E-state index is -0.744. The maximum absolute atomic E-state index is 12.8. The maximum atomic E-state index is 12.8. The Balaban J connectivity index is 1.88. The molecular formula is C18H13N5O5. The first-order valence-electron chi connectivity index (χ1n) is 8.12. The molecule has 2 aromatic carbocycles. The molecule has 0 saturated heterocycles. The smallest absolute Gasteiger partial charge is 0.350 e. The molecule has 10 nitrogen and oxygen atoms in total. The lowest BCUT2D eigenvalue weighted by atomic mass is 10.2. The van der Waals surface area contributed by atoms with Crippen molar-refractivity contribution in [3.63, 3.8) is 0 Å². The predicted molar refractivity (Wildman–Crippen MR) is 103 cm³/mol. The molecular weight excluding hydrogens is 366 g/mol. The van der Waals surface area contributed by atoms with E-state index in [1.54, 1.807) is 24.3 Å². The van der Waals surface area contributed by atoms with Crippen LogP contribution in [0, 0.1) is 10.1 Å². The molecule has 0 atom stereocenters. The summed E-state index contributed by atoms with van der Waals surface area (Å²) in [7, 11) is 1.50. The molecule has 140 valence electrons. The average molecular weight is 379 g/mol. The number of rotatable bonds is 4. The lowest BCUT2D eigenvalue weighted by Gasteiger charge is -2.01. The summed E-state index contributed by atoms with van der Waals surface area (Å²) in [5.41, 5.74) is -0.0333. The number of nitro benzene ring substituents is 1. The van der Waals surface area contributed by atoms with Crippen LogP contribution in [0.15, 0.2) is 57.2 Å². The molecule has 2 aromatic heterocycles. The number of methoxy groups -OCH3 is 1. The fourth-order valence-corrected chi connectivity index (χ4v) is 2.98. The normalized spacial score (nSPS) is 11.5. The van der Waals surface area contributed by atoms with Gasteiger partial charge in [-0.05, 0) is 12.1 Å². The number of aromatic amines is 2. The molecule has 2 N–H and O–H groups in total. The van der Waals surface area contributed by atoms with Crippen LogP contribution in [0.3, 0.4) is 0 Å². The third kappa shape index (κ3) is 2.72. The van der Waals surface area contributed by atoms with Gasteiger partial charge < -0.3 is 14.7 Å². The second kappa shape index (κ2) is 6.50. The van der Waals surface area contributed by atoms with Gasteiger partial charge in [-0.3, -0.25) is 14.9 Å². The monoisotopic (exact) mass is 379 g/mol. The summed E-state index contributed by atoms with van der Waals surface area (Å²) in [5.74, 6) is 0.511. The number of H-pyrrole nitrogens is 2. The Labute approximate surface area is 155 Å². The van der Waals surface area contributed by atoms with Gasteiger partial charge in [0.2, 0.25) is 0 Å². The van der Waals surface area contributed by atoms with Gasteiger partial charge in [0.05, 0.1) is 34.7 Å². The highest BCUT2D eigenvalue weighted by molar-refractivity contribution is 6.07. The summed E-state index contributed by atoms with van der Waals surface area (Å²) in [6, 6.07) is 10.9. The average Bonchev–Trinajstić information content (AvgIpc) is 3.07. The van der Waals surface area contributed by atoms with Crippen molar-refractivity contribution >= 4 is 33.8 Å². The zero-order valence-corrected chi connectivity index (χ0v) is 14.5. The van der Waals surface area contributed by atoms with Gasteiger partial charge in [-0.15, -0.1) is 4.68 Å². The molecule has 0 aliphatic heterocycles.